The van der Waals surface area contributed by atoms with E-state index in [0.717, 1.165) is 31.0 Å². The summed E-state index contributed by atoms with van der Waals surface area (Å²) < 4.78 is 30.4. The Bertz CT molecular complexity index is 1750. The Kier molecular flexibility index (Phi) is 12.1. The summed E-state index contributed by atoms with van der Waals surface area (Å²) in [5, 5.41) is 3.45. The molecule has 1 N–H and O–H groups in total. The molecule has 0 unspecified atom stereocenters. The number of benzene rings is 4. The number of sulfonamides is 1. The molecule has 242 valence electrons. The smallest absolute Gasteiger partial charge is 0.264 e. The van der Waals surface area contributed by atoms with Crippen molar-refractivity contribution in [2.75, 3.05) is 10.8 Å². The molecule has 0 aliphatic heterocycles. The topological polar surface area (TPSA) is 86.8 Å². The van der Waals surface area contributed by atoms with Crippen molar-refractivity contribution >= 4 is 55.1 Å². The van der Waals surface area contributed by atoms with Crippen LogP contribution in [-0.4, -0.2) is 43.8 Å². The van der Waals surface area contributed by atoms with Crippen LogP contribution in [-0.2, 0) is 32.6 Å². The first kappa shape index (κ1) is 35.2. The normalized spacial score (nSPS) is 12.7. The molecule has 46 heavy (non-hydrogen) atoms. The Hall–Kier alpha value is -3.66. The molecular weight excluding hydrogens is 686 g/mol. The van der Waals surface area contributed by atoms with Crippen molar-refractivity contribution in [2.24, 2.45) is 0 Å². The maximum absolute atomic E-state index is 14.6. The Labute approximate surface area is 285 Å². The molecule has 4 aromatic rings. The number of nitrogens with zero attached hydrogens (tertiary/aromatic N) is 2. The van der Waals surface area contributed by atoms with E-state index in [1.54, 1.807) is 12.1 Å². The van der Waals surface area contributed by atoms with Gasteiger partial charge in [-0.05, 0) is 98.0 Å². The summed E-state index contributed by atoms with van der Waals surface area (Å²) in [6, 6.07) is 27.1. The molecule has 2 atom stereocenters. The van der Waals surface area contributed by atoms with Gasteiger partial charge < -0.3 is 10.2 Å². The quantitative estimate of drug-likeness (QED) is 0.155. The van der Waals surface area contributed by atoms with E-state index in [2.05, 4.69) is 21.2 Å². The second kappa shape index (κ2) is 15.8. The highest BCUT2D eigenvalue weighted by molar-refractivity contribution is 9.10. The number of halogens is 2. The van der Waals surface area contributed by atoms with Gasteiger partial charge in [0.25, 0.3) is 10.0 Å². The Morgan fingerprint density at radius 1 is 0.870 bits per heavy atom. The second-order valence-corrected chi connectivity index (χ2v) is 14.6. The number of amides is 2. The minimum Gasteiger partial charge on any atom is -0.352 e. The van der Waals surface area contributed by atoms with Gasteiger partial charge in [0.05, 0.1) is 10.6 Å². The van der Waals surface area contributed by atoms with Crippen LogP contribution in [0.1, 0.15) is 42.5 Å². The fraction of sp³-hybridized carbons (Fsp3) is 0.278. The van der Waals surface area contributed by atoms with Gasteiger partial charge in [0.2, 0.25) is 11.8 Å². The zero-order valence-corrected chi connectivity index (χ0v) is 29.6. The first-order chi connectivity index (χ1) is 21.9. The van der Waals surface area contributed by atoms with Gasteiger partial charge in [0.15, 0.2) is 0 Å². The zero-order valence-electron chi connectivity index (χ0n) is 26.4. The summed E-state index contributed by atoms with van der Waals surface area (Å²) in [6.45, 7) is 7.30. The van der Waals surface area contributed by atoms with Gasteiger partial charge in [-0.3, -0.25) is 13.9 Å². The highest BCUT2D eigenvalue weighted by atomic mass is 79.9. The molecule has 10 heteroatoms. The molecule has 0 aliphatic carbocycles. The van der Waals surface area contributed by atoms with Gasteiger partial charge in [-0.1, -0.05) is 83.0 Å². The van der Waals surface area contributed by atoms with Gasteiger partial charge in [-0.15, -0.1) is 0 Å². The molecule has 4 aromatic carbocycles. The van der Waals surface area contributed by atoms with Crippen molar-refractivity contribution in [2.45, 2.75) is 64.1 Å². The van der Waals surface area contributed by atoms with Crippen LogP contribution in [0.3, 0.4) is 0 Å². The van der Waals surface area contributed by atoms with Crippen LogP contribution in [0.4, 0.5) is 5.69 Å². The molecule has 4 rings (SSSR count). The van der Waals surface area contributed by atoms with E-state index in [-0.39, 0.29) is 29.8 Å². The number of hydrogen-bond acceptors (Lipinski definition) is 4. The average molecular weight is 725 g/mol. The monoisotopic (exact) mass is 723 g/mol. The maximum Gasteiger partial charge on any atom is 0.264 e. The summed E-state index contributed by atoms with van der Waals surface area (Å²) in [7, 11) is -4.21. The lowest BCUT2D eigenvalue weighted by Crippen LogP contribution is -2.54. The number of nitrogens with one attached hydrogen (secondary N) is 1. The highest BCUT2D eigenvalue weighted by Gasteiger charge is 2.35. The van der Waals surface area contributed by atoms with E-state index in [4.69, 9.17) is 11.6 Å². The van der Waals surface area contributed by atoms with E-state index in [1.807, 2.05) is 88.4 Å². The first-order valence-electron chi connectivity index (χ1n) is 15.1. The van der Waals surface area contributed by atoms with E-state index in [9.17, 15) is 18.0 Å². The van der Waals surface area contributed by atoms with Crippen molar-refractivity contribution in [1.82, 2.24) is 10.2 Å². The van der Waals surface area contributed by atoms with Crippen LogP contribution >= 0.6 is 27.5 Å². The van der Waals surface area contributed by atoms with Gasteiger partial charge in [0.1, 0.15) is 12.6 Å². The summed E-state index contributed by atoms with van der Waals surface area (Å²) in [5.41, 5.74) is 3.88. The molecule has 0 saturated carbocycles. The summed E-state index contributed by atoms with van der Waals surface area (Å²) in [4.78, 5) is 30.0. The molecule has 0 bridgehead atoms. The molecule has 0 radical (unpaired) electrons. The molecule has 0 heterocycles. The van der Waals surface area contributed by atoms with E-state index in [1.165, 1.54) is 29.2 Å². The molecule has 2 amide bonds. The van der Waals surface area contributed by atoms with Gasteiger partial charge in [0, 0.05) is 28.5 Å². The number of rotatable bonds is 13. The standard InChI is InChI=1S/C36H39BrClN3O4S/c1-5-27(4)39-36(43)34(22-28-9-7-6-8-10-28)40(23-29-12-14-30(37)15-13-29)35(42)24-41(32-18-11-25(2)26(3)21-32)46(44,45)33-19-16-31(38)17-20-33/h6-21,27,34H,5,22-24H2,1-4H3,(H,39,43)/t27-,34+/m1/s1. The van der Waals surface area contributed by atoms with Crippen LogP contribution in [0.15, 0.2) is 106 Å². The van der Waals surface area contributed by atoms with Crippen LogP contribution < -0.4 is 9.62 Å². The average Bonchev–Trinajstić information content (AvgIpc) is 3.04. The fourth-order valence-corrected chi connectivity index (χ4v) is 6.72. The highest BCUT2D eigenvalue weighted by Crippen LogP contribution is 2.28. The predicted octanol–water partition coefficient (Wildman–Crippen LogP) is 7.47. The number of anilines is 1. The third kappa shape index (κ3) is 8.99. The van der Waals surface area contributed by atoms with Gasteiger partial charge in [-0.2, -0.15) is 0 Å². The van der Waals surface area contributed by atoms with Crippen molar-refractivity contribution < 1.29 is 18.0 Å². The Balaban J connectivity index is 1.82. The number of carbonyl (C=O) groups excluding carboxylic acids is 2. The third-order valence-electron chi connectivity index (χ3n) is 8.00. The zero-order chi connectivity index (χ0) is 33.4. The van der Waals surface area contributed by atoms with Gasteiger partial charge in [-0.25, -0.2) is 8.42 Å². The molecule has 0 saturated heterocycles. The molecule has 7 nitrogen and oxygen atoms in total. The summed E-state index contributed by atoms with van der Waals surface area (Å²) in [6.07, 6.45) is 0.962. The first-order valence-corrected chi connectivity index (χ1v) is 17.7. The van der Waals surface area contributed by atoms with Crippen LogP contribution in [0.5, 0.6) is 0 Å². The second-order valence-electron chi connectivity index (χ2n) is 11.4. The molecule has 0 fully saturated rings. The SMILES string of the molecule is CC[C@@H](C)NC(=O)[C@H](Cc1ccccc1)N(Cc1ccc(Br)cc1)C(=O)CN(c1ccc(C)c(C)c1)S(=O)(=O)c1ccc(Cl)cc1. The van der Waals surface area contributed by atoms with Crippen molar-refractivity contribution in [3.63, 3.8) is 0 Å². The van der Waals surface area contributed by atoms with E-state index < -0.39 is 28.5 Å². The fourth-order valence-electron chi connectivity index (χ4n) is 4.92. The lowest BCUT2D eigenvalue weighted by atomic mass is 10.0. The van der Waals surface area contributed by atoms with E-state index >= 15 is 0 Å². The third-order valence-corrected chi connectivity index (χ3v) is 10.6. The largest absolute Gasteiger partial charge is 0.352 e. The van der Waals surface area contributed by atoms with Crippen LogP contribution in [0.2, 0.25) is 5.02 Å². The van der Waals surface area contributed by atoms with Gasteiger partial charge >= 0.3 is 0 Å². The molecule has 0 aliphatic rings. The Morgan fingerprint density at radius 3 is 2.13 bits per heavy atom. The molecular formula is C36H39BrClN3O4S. The van der Waals surface area contributed by atoms with E-state index in [0.29, 0.717) is 17.1 Å². The molecule has 0 spiro atoms. The number of aryl methyl sites for hydroxylation is 2. The van der Waals surface area contributed by atoms with Crippen molar-refractivity contribution in [1.29, 1.82) is 0 Å². The predicted molar refractivity (Wildman–Crippen MR) is 188 cm³/mol. The number of hydrogen-bond donors (Lipinski definition) is 1. The van der Waals surface area contributed by atoms with Crippen LogP contribution in [0.25, 0.3) is 0 Å². The molecule has 0 aromatic heterocycles. The minimum atomic E-state index is -4.21. The lowest BCUT2D eigenvalue weighted by molar-refractivity contribution is -0.140. The minimum absolute atomic E-state index is 0.00210. The van der Waals surface area contributed by atoms with Crippen molar-refractivity contribution in [3.05, 3.63) is 129 Å². The van der Waals surface area contributed by atoms with Crippen LogP contribution in [0, 0.1) is 13.8 Å². The maximum atomic E-state index is 14.6. The lowest BCUT2D eigenvalue weighted by Gasteiger charge is -2.34. The summed E-state index contributed by atoms with van der Waals surface area (Å²) in [5.74, 6) is -0.819. The Morgan fingerprint density at radius 2 is 1.52 bits per heavy atom. The van der Waals surface area contributed by atoms with Crippen molar-refractivity contribution in [3.8, 4) is 0 Å². The summed E-state index contributed by atoms with van der Waals surface area (Å²) >= 11 is 9.54. The number of carbonyl (C=O) groups is 2.